The second-order valence-electron chi connectivity index (χ2n) is 6.57. The molecule has 0 atom stereocenters. The van der Waals surface area contributed by atoms with Crippen LogP contribution in [0.3, 0.4) is 0 Å². The third kappa shape index (κ3) is 5.60. The lowest BCUT2D eigenvalue weighted by Gasteiger charge is -2.10. The van der Waals surface area contributed by atoms with Gasteiger partial charge in [-0.2, -0.15) is 5.10 Å². The highest BCUT2D eigenvalue weighted by Crippen LogP contribution is 2.27. The molecule has 10 heteroatoms. The molecule has 31 heavy (non-hydrogen) atoms. The van der Waals surface area contributed by atoms with E-state index in [0.717, 1.165) is 22.6 Å². The van der Waals surface area contributed by atoms with Crippen molar-refractivity contribution < 1.29 is 9.59 Å². The molecule has 0 aliphatic carbocycles. The quantitative estimate of drug-likeness (QED) is 0.271. The Morgan fingerprint density at radius 1 is 0.903 bits per heavy atom. The maximum atomic E-state index is 12.0. The Balaban J connectivity index is 1.70. The molecule has 0 bridgehead atoms. The van der Waals surface area contributed by atoms with Crippen LogP contribution in [0.5, 0.6) is 0 Å². The van der Waals surface area contributed by atoms with Gasteiger partial charge in [0, 0.05) is 38.4 Å². The fraction of sp³-hybridized carbons (Fsp3) is 0.0952. The topological polar surface area (TPSA) is 75.5 Å². The van der Waals surface area contributed by atoms with E-state index in [4.69, 9.17) is 46.4 Å². The zero-order chi connectivity index (χ0) is 22.7. The van der Waals surface area contributed by atoms with E-state index in [1.54, 1.807) is 12.1 Å². The molecule has 0 aliphatic rings. The van der Waals surface area contributed by atoms with Crippen LogP contribution >= 0.6 is 46.4 Å². The number of nitrogens with one attached hydrogen (secondary N) is 2. The summed E-state index contributed by atoms with van der Waals surface area (Å²) in [4.78, 5) is 24.1. The summed E-state index contributed by atoms with van der Waals surface area (Å²) in [6.45, 7) is 3.82. The summed E-state index contributed by atoms with van der Waals surface area (Å²) in [6, 6.07) is 11.7. The molecule has 3 aromatic rings. The summed E-state index contributed by atoms with van der Waals surface area (Å²) >= 11 is 23.9. The number of hydrogen-bond acceptors (Lipinski definition) is 3. The lowest BCUT2D eigenvalue weighted by Crippen LogP contribution is -2.32. The molecule has 1 aromatic heterocycles. The Kier molecular flexibility index (Phi) is 7.28. The summed E-state index contributed by atoms with van der Waals surface area (Å²) in [7, 11) is 0. The van der Waals surface area contributed by atoms with Crippen molar-refractivity contribution in [2.24, 2.45) is 5.10 Å². The SMILES string of the molecule is Cc1cc(/C=N\NC(=O)C(=O)Nc2cc(Cl)cc(Cl)c2)c(C)n1-c1ccc(Cl)c(Cl)c1. The average molecular weight is 498 g/mol. The van der Waals surface area contributed by atoms with Gasteiger partial charge in [0.05, 0.1) is 16.3 Å². The minimum absolute atomic E-state index is 0.298. The Hall–Kier alpha value is -2.51. The molecule has 0 unspecified atom stereocenters. The van der Waals surface area contributed by atoms with Crippen molar-refractivity contribution in [2.45, 2.75) is 13.8 Å². The van der Waals surface area contributed by atoms with Crippen molar-refractivity contribution in [3.63, 3.8) is 0 Å². The fourth-order valence-corrected chi connectivity index (χ4v) is 3.78. The number of benzene rings is 2. The predicted molar refractivity (Wildman–Crippen MR) is 126 cm³/mol. The number of carbonyl (C=O) groups excluding carboxylic acids is 2. The van der Waals surface area contributed by atoms with E-state index >= 15 is 0 Å². The first-order valence-corrected chi connectivity index (χ1v) is 10.4. The molecule has 0 fully saturated rings. The van der Waals surface area contributed by atoms with Gasteiger partial charge in [-0.3, -0.25) is 9.59 Å². The van der Waals surface area contributed by atoms with Crippen LogP contribution in [0.4, 0.5) is 5.69 Å². The molecule has 0 spiro atoms. The molecule has 0 saturated carbocycles. The Labute approximate surface area is 198 Å². The number of rotatable bonds is 4. The van der Waals surface area contributed by atoms with Crippen molar-refractivity contribution in [2.75, 3.05) is 5.32 Å². The van der Waals surface area contributed by atoms with Gasteiger partial charge in [-0.1, -0.05) is 46.4 Å². The van der Waals surface area contributed by atoms with E-state index in [0.29, 0.717) is 25.8 Å². The van der Waals surface area contributed by atoms with Crippen LogP contribution in [0.25, 0.3) is 5.69 Å². The van der Waals surface area contributed by atoms with Crippen molar-refractivity contribution in [1.82, 2.24) is 9.99 Å². The highest BCUT2D eigenvalue weighted by Gasteiger charge is 2.14. The van der Waals surface area contributed by atoms with Crippen LogP contribution in [0.2, 0.25) is 20.1 Å². The predicted octanol–water partition coefficient (Wildman–Crippen LogP) is 5.80. The number of halogens is 4. The Morgan fingerprint density at radius 2 is 1.58 bits per heavy atom. The van der Waals surface area contributed by atoms with E-state index in [1.165, 1.54) is 24.4 Å². The molecule has 1 heterocycles. The molecular formula is C21H16Cl4N4O2. The number of aryl methyl sites for hydroxylation is 1. The fourth-order valence-electron chi connectivity index (χ4n) is 2.96. The number of hydrazone groups is 1. The van der Waals surface area contributed by atoms with Crippen molar-refractivity contribution >= 4 is 70.1 Å². The number of hydrogen-bond donors (Lipinski definition) is 2. The first-order valence-electron chi connectivity index (χ1n) is 8.90. The first kappa shape index (κ1) is 23.2. The smallest absolute Gasteiger partial charge is 0.318 e. The number of amides is 2. The third-order valence-corrected chi connectivity index (χ3v) is 5.50. The van der Waals surface area contributed by atoms with Crippen molar-refractivity contribution in [3.8, 4) is 5.69 Å². The second kappa shape index (κ2) is 9.75. The summed E-state index contributed by atoms with van der Waals surface area (Å²) < 4.78 is 1.97. The van der Waals surface area contributed by atoms with Gasteiger partial charge < -0.3 is 9.88 Å². The van der Waals surface area contributed by atoms with E-state index in [1.807, 2.05) is 30.5 Å². The molecule has 0 radical (unpaired) electrons. The molecule has 6 nitrogen and oxygen atoms in total. The summed E-state index contributed by atoms with van der Waals surface area (Å²) in [5.41, 5.74) is 5.89. The van der Waals surface area contributed by atoms with Gasteiger partial charge in [0.1, 0.15) is 0 Å². The van der Waals surface area contributed by atoms with Gasteiger partial charge in [0.25, 0.3) is 0 Å². The zero-order valence-electron chi connectivity index (χ0n) is 16.3. The van der Waals surface area contributed by atoms with Gasteiger partial charge in [0.15, 0.2) is 0 Å². The molecule has 160 valence electrons. The molecule has 0 aliphatic heterocycles. The number of aromatic nitrogens is 1. The summed E-state index contributed by atoms with van der Waals surface area (Å²) in [5.74, 6) is -1.84. The largest absolute Gasteiger partial charge is 0.329 e. The van der Waals surface area contributed by atoms with Gasteiger partial charge in [-0.05, 0) is 56.3 Å². The summed E-state index contributed by atoms with van der Waals surface area (Å²) in [6.07, 6.45) is 1.46. The normalized spacial score (nSPS) is 11.0. The van der Waals surface area contributed by atoms with Crippen LogP contribution < -0.4 is 10.7 Å². The minimum atomic E-state index is -0.939. The average Bonchev–Trinajstić information content (AvgIpc) is 2.96. The van der Waals surface area contributed by atoms with Gasteiger partial charge >= 0.3 is 11.8 Å². The molecule has 2 N–H and O–H groups in total. The van der Waals surface area contributed by atoms with E-state index < -0.39 is 11.8 Å². The molecule has 2 amide bonds. The van der Waals surface area contributed by atoms with Crippen molar-refractivity contribution in [1.29, 1.82) is 0 Å². The highest BCUT2D eigenvalue weighted by molar-refractivity contribution is 6.42. The highest BCUT2D eigenvalue weighted by atomic mass is 35.5. The lowest BCUT2D eigenvalue weighted by molar-refractivity contribution is -0.136. The maximum absolute atomic E-state index is 12.0. The molecular weight excluding hydrogens is 482 g/mol. The van der Waals surface area contributed by atoms with Crippen LogP contribution in [0, 0.1) is 13.8 Å². The first-order chi connectivity index (χ1) is 14.7. The Bertz CT molecular complexity index is 1180. The van der Waals surface area contributed by atoms with Crippen LogP contribution in [-0.4, -0.2) is 22.6 Å². The van der Waals surface area contributed by atoms with Crippen LogP contribution in [0.1, 0.15) is 17.0 Å². The van der Waals surface area contributed by atoms with E-state index in [2.05, 4.69) is 15.8 Å². The number of nitrogens with zero attached hydrogens (tertiary/aromatic N) is 2. The van der Waals surface area contributed by atoms with Gasteiger partial charge in [-0.15, -0.1) is 0 Å². The molecule has 3 rings (SSSR count). The van der Waals surface area contributed by atoms with Gasteiger partial charge in [0.2, 0.25) is 0 Å². The monoisotopic (exact) mass is 496 g/mol. The van der Waals surface area contributed by atoms with Crippen molar-refractivity contribution in [3.05, 3.63) is 79.5 Å². The Morgan fingerprint density at radius 3 is 2.23 bits per heavy atom. The maximum Gasteiger partial charge on any atom is 0.329 e. The standard InChI is InChI=1S/C21H16Cl4N4O2/c1-11-5-13(12(2)29(11)17-3-4-18(24)19(25)9-17)10-26-28-21(31)20(30)27-16-7-14(22)6-15(23)8-16/h3-10H,1-2H3,(H,27,30)(H,28,31)/b26-10-. The third-order valence-electron chi connectivity index (χ3n) is 4.33. The van der Waals surface area contributed by atoms with Crippen LogP contribution in [0.15, 0.2) is 47.6 Å². The van der Waals surface area contributed by atoms with E-state index in [9.17, 15) is 9.59 Å². The molecule has 0 saturated heterocycles. The molecule has 2 aromatic carbocycles. The number of anilines is 1. The van der Waals surface area contributed by atoms with Gasteiger partial charge in [-0.25, -0.2) is 5.43 Å². The lowest BCUT2D eigenvalue weighted by atomic mass is 10.2. The number of carbonyl (C=O) groups is 2. The minimum Gasteiger partial charge on any atom is -0.318 e. The van der Waals surface area contributed by atoms with Crippen LogP contribution in [-0.2, 0) is 9.59 Å². The van der Waals surface area contributed by atoms with E-state index in [-0.39, 0.29) is 0 Å². The zero-order valence-corrected chi connectivity index (χ0v) is 19.4. The second-order valence-corrected chi connectivity index (χ2v) is 8.26. The summed E-state index contributed by atoms with van der Waals surface area (Å²) in [5, 5.41) is 7.87.